The van der Waals surface area contributed by atoms with Gasteiger partial charge in [-0.05, 0) is 25.0 Å². The molecule has 2 nitrogen and oxygen atoms in total. The van der Waals surface area contributed by atoms with Gasteiger partial charge in [0.15, 0.2) is 0 Å². The molecule has 1 aromatic rings. The van der Waals surface area contributed by atoms with E-state index in [1.165, 1.54) is 11.1 Å². The van der Waals surface area contributed by atoms with Gasteiger partial charge >= 0.3 is 0 Å². The van der Waals surface area contributed by atoms with E-state index in [1.54, 1.807) is 0 Å². The lowest BCUT2D eigenvalue weighted by Gasteiger charge is -2.24. The molecule has 1 atom stereocenters. The van der Waals surface area contributed by atoms with Gasteiger partial charge in [-0.3, -0.25) is 0 Å². The topological polar surface area (TPSA) is 33.0 Å². The maximum atomic E-state index is 8.72. The summed E-state index contributed by atoms with van der Waals surface area (Å²) in [5.41, 5.74) is 2.44. The van der Waals surface area contributed by atoms with Crippen LogP contribution in [0.1, 0.15) is 29.9 Å². The minimum atomic E-state index is 0.364. The molecule has 0 fully saturated rings. The molecule has 1 unspecified atom stereocenters. The van der Waals surface area contributed by atoms with E-state index >= 15 is 0 Å². The number of rotatable bonds is 1. The second-order valence-electron chi connectivity index (χ2n) is 3.74. The van der Waals surface area contributed by atoms with Gasteiger partial charge < -0.3 is 4.74 Å². The normalized spacial score (nSPS) is 19.3. The Hall–Kier alpha value is -1.49. The Labute approximate surface area is 84.1 Å². The summed E-state index contributed by atoms with van der Waals surface area (Å²) in [5.74, 6) is 1.32. The Morgan fingerprint density at radius 1 is 1.57 bits per heavy atom. The van der Waals surface area contributed by atoms with Crippen molar-refractivity contribution >= 4 is 0 Å². The van der Waals surface area contributed by atoms with Crippen LogP contribution in [0.5, 0.6) is 5.75 Å². The number of fused-ring (bicyclic) bond motifs is 1. The molecule has 1 aliphatic heterocycles. The molecule has 0 aliphatic carbocycles. The zero-order chi connectivity index (χ0) is 9.97. The van der Waals surface area contributed by atoms with E-state index in [0.29, 0.717) is 12.3 Å². The lowest BCUT2D eigenvalue weighted by atomic mass is 9.90. The first-order chi connectivity index (χ1) is 6.81. The van der Waals surface area contributed by atoms with Crippen molar-refractivity contribution in [2.45, 2.75) is 25.7 Å². The van der Waals surface area contributed by atoms with Crippen molar-refractivity contribution in [2.75, 3.05) is 6.61 Å². The number of hydrogen-bond acceptors (Lipinski definition) is 2. The molecule has 0 spiro atoms. The van der Waals surface area contributed by atoms with Crippen LogP contribution in [0.3, 0.4) is 0 Å². The molecule has 0 aromatic heterocycles. The van der Waals surface area contributed by atoms with Crippen LogP contribution >= 0.6 is 0 Å². The Bertz CT molecular complexity index is 378. The first kappa shape index (κ1) is 9.08. The second-order valence-corrected chi connectivity index (χ2v) is 3.74. The summed E-state index contributed by atoms with van der Waals surface area (Å²) in [6, 6.07) is 8.43. The third-order valence-corrected chi connectivity index (χ3v) is 2.67. The van der Waals surface area contributed by atoms with Crippen molar-refractivity contribution in [2.24, 2.45) is 0 Å². The summed E-state index contributed by atoms with van der Waals surface area (Å²) in [7, 11) is 0. The maximum absolute atomic E-state index is 8.72. The number of nitriles is 1. The number of hydrogen-bond donors (Lipinski definition) is 0. The summed E-state index contributed by atoms with van der Waals surface area (Å²) in [6.07, 6.45) is 1.56. The van der Waals surface area contributed by atoms with Crippen molar-refractivity contribution in [3.8, 4) is 11.8 Å². The van der Waals surface area contributed by atoms with Gasteiger partial charge in [0.2, 0.25) is 0 Å². The first-order valence-corrected chi connectivity index (χ1v) is 4.91. The molecule has 0 bridgehead atoms. The van der Waals surface area contributed by atoms with Crippen LogP contribution in [0, 0.1) is 18.3 Å². The summed E-state index contributed by atoms with van der Waals surface area (Å²) >= 11 is 0. The van der Waals surface area contributed by atoms with Crippen LogP contribution in [0.25, 0.3) is 0 Å². The lowest BCUT2D eigenvalue weighted by Crippen LogP contribution is -2.13. The van der Waals surface area contributed by atoms with Gasteiger partial charge in [0.05, 0.1) is 12.7 Å². The first-order valence-electron chi connectivity index (χ1n) is 4.91. The molecule has 1 aliphatic rings. The number of ether oxygens (including phenoxy) is 1. The maximum Gasteiger partial charge on any atom is 0.122 e. The summed E-state index contributed by atoms with van der Waals surface area (Å²) in [5, 5.41) is 8.72. The highest BCUT2D eigenvalue weighted by molar-refractivity contribution is 5.41. The number of aryl methyl sites for hydroxylation is 1. The van der Waals surface area contributed by atoms with Crippen LogP contribution < -0.4 is 4.74 Å². The molecule has 2 rings (SSSR count). The van der Waals surface area contributed by atoms with E-state index in [2.05, 4.69) is 19.1 Å². The molecule has 0 saturated heterocycles. The SMILES string of the molecule is Cc1ccc2c(c1)C(CC#N)CCO2. The Morgan fingerprint density at radius 2 is 2.43 bits per heavy atom. The number of nitrogens with zero attached hydrogens (tertiary/aromatic N) is 1. The van der Waals surface area contributed by atoms with E-state index in [1.807, 2.05) is 12.1 Å². The van der Waals surface area contributed by atoms with Crippen molar-refractivity contribution < 1.29 is 4.74 Å². The Balaban J connectivity index is 2.37. The van der Waals surface area contributed by atoms with Crippen molar-refractivity contribution in [1.29, 1.82) is 5.26 Å². The third kappa shape index (κ3) is 1.58. The van der Waals surface area contributed by atoms with E-state index in [-0.39, 0.29) is 0 Å². The molecule has 0 saturated carbocycles. The molecular weight excluding hydrogens is 174 g/mol. The number of benzene rings is 1. The highest BCUT2D eigenvalue weighted by Crippen LogP contribution is 2.35. The average molecular weight is 187 g/mol. The fourth-order valence-corrected chi connectivity index (χ4v) is 1.91. The second kappa shape index (κ2) is 3.71. The fraction of sp³-hybridized carbons (Fsp3) is 0.417. The largest absolute Gasteiger partial charge is 0.493 e. The van der Waals surface area contributed by atoms with Crippen molar-refractivity contribution in [3.05, 3.63) is 29.3 Å². The molecule has 0 N–H and O–H groups in total. The van der Waals surface area contributed by atoms with Gasteiger partial charge in [-0.2, -0.15) is 5.26 Å². The average Bonchev–Trinajstić information content (AvgIpc) is 2.19. The third-order valence-electron chi connectivity index (χ3n) is 2.67. The van der Waals surface area contributed by atoms with Crippen molar-refractivity contribution in [3.63, 3.8) is 0 Å². The minimum Gasteiger partial charge on any atom is -0.493 e. The predicted octanol–water partition coefficient (Wildman–Crippen LogP) is 2.77. The molecule has 1 aromatic carbocycles. The van der Waals surface area contributed by atoms with Gasteiger partial charge in [0.25, 0.3) is 0 Å². The van der Waals surface area contributed by atoms with E-state index in [0.717, 1.165) is 18.8 Å². The van der Waals surface area contributed by atoms with Crippen LogP contribution in [0.15, 0.2) is 18.2 Å². The van der Waals surface area contributed by atoms with Gasteiger partial charge in [-0.25, -0.2) is 0 Å². The molecule has 0 radical (unpaired) electrons. The summed E-state index contributed by atoms with van der Waals surface area (Å²) in [6.45, 7) is 2.81. The standard InChI is InChI=1S/C12H13NO/c1-9-2-3-12-11(8-9)10(4-6-13)5-7-14-12/h2-3,8,10H,4-5,7H2,1H3. The fourth-order valence-electron chi connectivity index (χ4n) is 1.91. The van der Waals surface area contributed by atoms with E-state index in [4.69, 9.17) is 10.00 Å². The molecule has 72 valence electrons. The van der Waals surface area contributed by atoms with Crippen LogP contribution in [0.2, 0.25) is 0 Å². The van der Waals surface area contributed by atoms with Crippen LogP contribution in [-0.2, 0) is 0 Å². The van der Waals surface area contributed by atoms with Gasteiger partial charge in [0, 0.05) is 12.3 Å². The van der Waals surface area contributed by atoms with Crippen LogP contribution in [-0.4, -0.2) is 6.61 Å². The Kier molecular flexibility index (Phi) is 2.41. The highest BCUT2D eigenvalue weighted by atomic mass is 16.5. The monoisotopic (exact) mass is 187 g/mol. The summed E-state index contributed by atoms with van der Waals surface area (Å²) in [4.78, 5) is 0. The van der Waals surface area contributed by atoms with E-state index < -0.39 is 0 Å². The minimum absolute atomic E-state index is 0.364. The zero-order valence-corrected chi connectivity index (χ0v) is 8.29. The predicted molar refractivity (Wildman–Crippen MR) is 54.3 cm³/mol. The van der Waals surface area contributed by atoms with Gasteiger partial charge in [0.1, 0.15) is 5.75 Å². The quantitative estimate of drug-likeness (QED) is 0.677. The van der Waals surface area contributed by atoms with Crippen molar-refractivity contribution in [1.82, 2.24) is 0 Å². The lowest BCUT2D eigenvalue weighted by molar-refractivity contribution is 0.268. The smallest absolute Gasteiger partial charge is 0.122 e. The van der Waals surface area contributed by atoms with Gasteiger partial charge in [-0.1, -0.05) is 17.7 Å². The van der Waals surface area contributed by atoms with Crippen LogP contribution in [0.4, 0.5) is 0 Å². The van der Waals surface area contributed by atoms with E-state index in [9.17, 15) is 0 Å². The van der Waals surface area contributed by atoms with Gasteiger partial charge in [-0.15, -0.1) is 0 Å². The molecule has 14 heavy (non-hydrogen) atoms. The molecule has 1 heterocycles. The Morgan fingerprint density at radius 3 is 3.21 bits per heavy atom. The molecular formula is C12H13NO. The highest BCUT2D eigenvalue weighted by Gasteiger charge is 2.20. The molecule has 0 amide bonds. The summed E-state index contributed by atoms with van der Waals surface area (Å²) < 4.78 is 5.55. The zero-order valence-electron chi connectivity index (χ0n) is 8.29. The molecule has 2 heteroatoms.